The number of esters is 1. The molecule has 0 fully saturated rings. The van der Waals surface area contributed by atoms with Gasteiger partial charge in [-0.05, 0) is 55.8 Å². The van der Waals surface area contributed by atoms with E-state index in [0.29, 0.717) is 42.1 Å². The van der Waals surface area contributed by atoms with E-state index >= 15 is 0 Å². The molecule has 0 saturated carbocycles. The van der Waals surface area contributed by atoms with Crippen LogP contribution in [0.2, 0.25) is 0 Å². The molecule has 1 aromatic heterocycles. The number of hydrogen-bond acceptors (Lipinski definition) is 8. The van der Waals surface area contributed by atoms with Crippen molar-refractivity contribution in [3.63, 3.8) is 0 Å². The Morgan fingerprint density at radius 1 is 1.19 bits per heavy atom. The molecular weight excluding hydrogens is 616 g/mol. The van der Waals surface area contributed by atoms with Gasteiger partial charge >= 0.3 is 5.97 Å². The van der Waals surface area contributed by atoms with Crippen LogP contribution in [-0.2, 0) is 9.53 Å². The largest absolute Gasteiger partial charge is 0.507 e. The molecule has 0 unspecified atom stereocenters. The van der Waals surface area contributed by atoms with E-state index in [2.05, 4.69) is 36.9 Å². The van der Waals surface area contributed by atoms with Gasteiger partial charge in [-0.3, -0.25) is 9.36 Å². The van der Waals surface area contributed by atoms with Crippen LogP contribution >= 0.6 is 43.2 Å². The first-order valence-electron chi connectivity index (χ1n) is 10.8. The lowest BCUT2D eigenvalue weighted by Crippen LogP contribution is -2.40. The molecule has 3 aromatic rings. The number of benzene rings is 2. The number of aromatic nitrogens is 1. The predicted octanol–water partition coefficient (Wildman–Crippen LogP) is 4.05. The van der Waals surface area contributed by atoms with Gasteiger partial charge in [0.2, 0.25) is 0 Å². The number of halogens is 2. The molecule has 11 heteroatoms. The quantitative estimate of drug-likeness (QED) is 0.410. The van der Waals surface area contributed by atoms with Gasteiger partial charge in [0.1, 0.15) is 5.75 Å². The van der Waals surface area contributed by atoms with Crippen molar-refractivity contribution in [2.45, 2.75) is 19.9 Å². The number of ether oxygens (including phenoxy) is 3. The zero-order chi connectivity index (χ0) is 26.1. The van der Waals surface area contributed by atoms with Crippen molar-refractivity contribution < 1.29 is 24.1 Å². The normalized spacial score (nSPS) is 15.4. The lowest BCUT2D eigenvalue weighted by atomic mass is 9.95. The topological polar surface area (TPSA) is 99.4 Å². The van der Waals surface area contributed by atoms with Crippen LogP contribution in [0, 0.1) is 0 Å². The Bertz CT molecular complexity index is 1570. The summed E-state index contributed by atoms with van der Waals surface area (Å²) >= 11 is 8.14. The fourth-order valence-electron chi connectivity index (χ4n) is 3.95. The number of carbonyl (C=O) groups is 1. The molecule has 2 aromatic carbocycles. The molecule has 1 aliphatic rings. The molecule has 188 valence electrons. The van der Waals surface area contributed by atoms with E-state index < -0.39 is 12.0 Å². The summed E-state index contributed by atoms with van der Waals surface area (Å²) in [7, 11) is 3.04. The third-order valence-corrected chi connectivity index (χ3v) is 7.75. The molecule has 36 heavy (non-hydrogen) atoms. The van der Waals surface area contributed by atoms with Gasteiger partial charge < -0.3 is 19.3 Å². The Kier molecular flexibility index (Phi) is 7.72. The van der Waals surface area contributed by atoms with Crippen molar-refractivity contribution in [3.05, 3.63) is 81.4 Å². The van der Waals surface area contributed by atoms with E-state index in [1.54, 1.807) is 50.3 Å². The first-order chi connectivity index (χ1) is 17.2. The summed E-state index contributed by atoms with van der Waals surface area (Å²) in [6, 6.07) is 7.57. The standard InChI is InChI=1S/C25H22Br2N2O6S/c1-5-35-24(32)21-12(2)28-25-29(22(21)15-10-18(33-3)19(34-4)11-16(15)27)23(31)20(36-25)9-13-8-14(26)6-7-17(13)30/h6-11,22,30H,5H2,1-4H3/b20-9-/t22-/m1/s1. The minimum absolute atomic E-state index is 0.0339. The highest BCUT2D eigenvalue weighted by atomic mass is 79.9. The van der Waals surface area contributed by atoms with Crippen LogP contribution in [0.15, 0.2) is 60.3 Å². The van der Waals surface area contributed by atoms with Crippen LogP contribution < -0.4 is 24.4 Å². The van der Waals surface area contributed by atoms with Crippen molar-refractivity contribution in [2.75, 3.05) is 20.8 Å². The van der Waals surface area contributed by atoms with Gasteiger partial charge in [0.25, 0.3) is 5.56 Å². The number of phenolic OH excluding ortho intramolecular Hbond substituents is 1. The van der Waals surface area contributed by atoms with Gasteiger partial charge in [0.15, 0.2) is 16.3 Å². The Morgan fingerprint density at radius 3 is 2.56 bits per heavy atom. The Morgan fingerprint density at radius 2 is 1.89 bits per heavy atom. The molecule has 0 saturated heterocycles. The Balaban J connectivity index is 2.03. The molecule has 0 bridgehead atoms. The second-order valence-corrected chi connectivity index (χ2v) is 10.5. The maximum Gasteiger partial charge on any atom is 0.338 e. The number of hydrogen-bond donors (Lipinski definition) is 1. The van der Waals surface area contributed by atoms with Crippen molar-refractivity contribution in [2.24, 2.45) is 4.99 Å². The highest BCUT2D eigenvalue weighted by Gasteiger charge is 2.35. The predicted molar refractivity (Wildman–Crippen MR) is 143 cm³/mol. The Hall–Kier alpha value is -2.89. The summed E-state index contributed by atoms with van der Waals surface area (Å²) in [5, 5.41) is 10.3. The van der Waals surface area contributed by atoms with Gasteiger partial charge in [-0.1, -0.05) is 43.2 Å². The summed E-state index contributed by atoms with van der Waals surface area (Å²) in [4.78, 5) is 31.9. The van der Waals surface area contributed by atoms with E-state index in [-0.39, 0.29) is 23.5 Å². The van der Waals surface area contributed by atoms with Crippen LogP contribution in [0.1, 0.15) is 31.0 Å². The van der Waals surface area contributed by atoms with E-state index in [1.807, 2.05) is 0 Å². The van der Waals surface area contributed by atoms with Gasteiger partial charge in [-0.25, -0.2) is 9.79 Å². The van der Waals surface area contributed by atoms with Crippen LogP contribution in [0.3, 0.4) is 0 Å². The average Bonchev–Trinajstić information content (AvgIpc) is 3.14. The summed E-state index contributed by atoms with van der Waals surface area (Å²) in [5.74, 6) is 0.398. The first kappa shape index (κ1) is 26.2. The fourth-order valence-corrected chi connectivity index (χ4v) is 5.90. The highest BCUT2D eigenvalue weighted by Crippen LogP contribution is 2.40. The third-order valence-electron chi connectivity index (χ3n) is 5.59. The van der Waals surface area contributed by atoms with Crippen molar-refractivity contribution >= 4 is 55.2 Å². The summed E-state index contributed by atoms with van der Waals surface area (Å²) in [6.45, 7) is 3.60. The van der Waals surface area contributed by atoms with Crippen molar-refractivity contribution in [1.29, 1.82) is 0 Å². The maximum atomic E-state index is 13.8. The van der Waals surface area contributed by atoms with E-state index in [0.717, 1.165) is 4.47 Å². The second kappa shape index (κ2) is 10.6. The van der Waals surface area contributed by atoms with Crippen LogP contribution in [-0.4, -0.2) is 36.5 Å². The first-order valence-corrected chi connectivity index (χ1v) is 13.2. The van der Waals surface area contributed by atoms with Crippen LogP contribution in [0.25, 0.3) is 6.08 Å². The zero-order valence-corrected chi connectivity index (χ0v) is 23.8. The third kappa shape index (κ3) is 4.74. The molecule has 0 radical (unpaired) electrons. The molecule has 8 nitrogen and oxygen atoms in total. The SMILES string of the molecule is CCOC(=O)C1=C(C)N=c2s/c(=C\c3cc(Br)ccc3O)c(=O)n2[C@@H]1c1cc(OC)c(OC)cc1Br. The monoisotopic (exact) mass is 636 g/mol. The number of fused-ring (bicyclic) bond motifs is 1. The van der Waals surface area contributed by atoms with Crippen molar-refractivity contribution in [3.8, 4) is 17.2 Å². The maximum absolute atomic E-state index is 13.8. The van der Waals surface area contributed by atoms with Gasteiger partial charge in [0, 0.05) is 14.5 Å². The molecular formula is C25H22Br2N2O6S. The zero-order valence-electron chi connectivity index (χ0n) is 19.8. The fraction of sp³-hybridized carbons (Fsp3) is 0.240. The number of carbonyl (C=O) groups excluding carboxylic acids is 1. The lowest BCUT2D eigenvalue weighted by Gasteiger charge is -2.26. The second-order valence-electron chi connectivity index (χ2n) is 7.73. The number of nitrogens with zero attached hydrogens (tertiary/aromatic N) is 2. The van der Waals surface area contributed by atoms with Gasteiger partial charge in [-0.2, -0.15) is 0 Å². The molecule has 4 rings (SSSR count). The molecule has 2 heterocycles. The van der Waals surface area contributed by atoms with Gasteiger partial charge in [0.05, 0.1) is 42.7 Å². The number of aromatic hydroxyl groups is 1. The number of rotatable bonds is 6. The van der Waals surface area contributed by atoms with Crippen LogP contribution in [0.5, 0.6) is 17.2 Å². The Labute approximate surface area is 227 Å². The van der Waals surface area contributed by atoms with E-state index in [1.165, 1.54) is 30.1 Å². The number of phenols is 1. The molecule has 0 aliphatic carbocycles. The minimum Gasteiger partial charge on any atom is -0.507 e. The summed E-state index contributed by atoms with van der Waals surface area (Å²) in [6.07, 6.45) is 1.61. The summed E-state index contributed by atoms with van der Waals surface area (Å²) in [5.41, 5.74) is 1.40. The minimum atomic E-state index is -0.840. The smallest absolute Gasteiger partial charge is 0.338 e. The van der Waals surface area contributed by atoms with Crippen LogP contribution in [0.4, 0.5) is 0 Å². The number of thiazole rings is 1. The number of methoxy groups -OCH3 is 2. The van der Waals surface area contributed by atoms with Gasteiger partial charge in [-0.15, -0.1) is 0 Å². The molecule has 1 atom stereocenters. The highest BCUT2D eigenvalue weighted by molar-refractivity contribution is 9.10. The number of allylic oxidation sites excluding steroid dienone is 1. The molecule has 1 N–H and O–H groups in total. The van der Waals surface area contributed by atoms with E-state index in [9.17, 15) is 14.7 Å². The molecule has 0 spiro atoms. The molecule has 1 aliphatic heterocycles. The average molecular weight is 638 g/mol. The van der Waals surface area contributed by atoms with Crippen molar-refractivity contribution in [1.82, 2.24) is 4.57 Å². The molecule has 0 amide bonds. The lowest BCUT2D eigenvalue weighted by molar-refractivity contribution is -0.139. The van der Waals surface area contributed by atoms with E-state index in [4.69, 9.17) is 14.2 Å². The summed E-state index contributed by atoms with van der Waals surface area (Å²) < 4.78 is 19.4.